The molecule has 0 aromatic rings. The van der Waals surface area contributed by atoms with E-state index in [-0.39, 0.29) is 17.0 Å². The van der Waals surface area contributed by atoms with Crippen LogP contribution in [-0.2, 0) is 9.53 Å². The maximum atomic E-state index is 12.0. The van der Waals surface area contributed by atoms with Crippen molar-refractivity contribution >= 4 is 5.97 Å². The van der Waals surface area contributed by atoms with E-state index in [1.807, 2.05) is 27.7 Å². The van der Waals surface area contributed by atoms with Crippen LogP contribution in [0.1, 0.15) is 53.9 Å². The number of carbonyl (C=O) groups excluding carboxylic acids is 1. The Morgan fingerprint density at radius 1 is 1.43 bits per heavy atom. The summed E-state index contributed by atoms with van der Waals surface area (Å²) >= 11 is 0. The highest BCUT2D eigenvalue weighted by Crippen LogP contribution is 2.44. The molecule has 0 amide bonds. The van der Waals surface area contributed by atoms with Gasteiger partial charge in [-0.1, -0.05) is 13.3 Å². The third-order valence-electron chi connectivity index (χ3n) is 3.29. The SMILES string of the molecule is CC1CCCC1(C)C(=O)OC(C)(C)C. The van der Waals surface area contributed by atoms with Crippen LogP contribution in [0.2, 0.25) is 0 Å². The van der Waals surface area contributed by atoms with Crippen LogP contribution in [0.15, 0.2) is 0 Å². The Morgan fingerprint density at radius 3 is 2.36 bits per heavy atom. The molecular weight excluding hydrogens is 176 g/mol. The van der Waals surface area contributed by atoms with Gasteiger partial charge in [0, 0.05) is 0 Å². The third kappa shape index (κ3) is 2.28. The van der Waals surface area contributed by atoms with E-state index in [9.17, 15) is 4.79 Å². The van der Waals surface area contributed by atoms with Gasteiger partial charge in [0.15, 0.2) is 0 Å². The fourth-order valence-electron chi connectivity index (χ4n) is 2.04. The Hall–Kier alpha value is -0.530. The van der Waals surface area contributed by atoms with Gasteiger partial charge in [0.2, 0.25) is 0 Å². The van der Waals surface area contributed by atoms with E-state index in [0.29, 0.717) is 5.92 Å². The van der Waals surface area contributed by atoms with Crippen LogP contribution in [0.4, 0.5) is 0 Å². The standard InChI is InChI=1S/C12H22O2/c1-9-7-6-8-12(9,5)10(13)14-11(2,3)4/h9H,6-8H2,1-5H3. The zero-order chi connectivity index (χ0) is 11.0. The van der Waals surface area contributed by atoms with Crippen LogP contribution in [0, 0.1) is 11.3 Å². The van der Waals surface area contributed by atoms with Crippen molar-refractivity contribution in [3.63, 3.8) is 0 Å². The second kappa shape index (κ2) is 3.56. The normalized spacial score (nSPS) is 33.1. The van der Waals surface area contributed by atoms with Crippen molar-refractivity contribution in [1.82, 2.24) is 0 Å². The molecule has 0 aliphatic heterocycles. The largest absolute Gasteiger partial charge is 0.460 e. The molecule has 1 fully saturated rings. The van der Waals surface area contributed by atoms with Gasteiger partial charge >= 0.3 is 5.97 Å². The van der Waals surface area contributed by atoms with Crippen LogP contribution in [0.5, 0.6) is 0 Å². The van der Waals surface area contributed by atoms with Crippen molar-refractivity contribution in [3.8, 4) is 0 Å². The Bertz CT molecular complexity index is 227. The first-order valence-electron chi connectivity index (χ1n) is 5.49. The Balaban J connectivity index is 2.68. The highest BCUT2D eigenvalue weighted by atomic mass is 16.6. The van der Waals surface area contributed by atoms with Gasteiger partial charge in [-0.2, -0.15) is 0 Å². The Kier molecular flexibility index (Phi) is 2.93. The maximum absolute atomic E-state index is 12.0. The van der Waals surface area contributed by atoms with Crippen molar-refractivity contribution < 1.29 is 9.53 Å². The molecule has 0 aromatic carbocycles. The molecule has 0 aromatic heterocycles. The summed E-state index contributed by atoms with van der Waals surface area (Å²) in [5.74, 6) is 0.437. The first kappa shape index (κ1) is 11.5. The van der Waals surface area contributed by atoms with Gasteiger partial charge in [-0.15, -0.1) is 0 Å². The molecule has 2 nitrogen and oxygen atoms in total. The molecule has 1 aliphatic rings. The average Bonchev–Trinajstić information content (AvgIpc) is 2.30. The van der Waals surface area contributed by atoms with Gasteiger partial charge in [0.05, 0.1) is 5.41 Å². The molecule has 82 valence electrons. The Morgan fingerprint density at radius 2 is 2.00 bits per heavy atom. The van der Waals surface area contributed by atoms with Crippen LogP contribution < -0.4 is 0 Å². The van der Waals surface area contributed by atoms with E-state index in [4.69, 9.17) is 4.74 Å². The van der Waals surface area contributed by atoms with E-state index in [1.54, 1.807) is 0 Å². The predicted octanol–water partition coefficient (Wildman–Crippen LogP) is 3.15. The first-order valence-corrected chi connectivity index (χ1v) is 5.49. The van der Waals surface area contributed by atoms with Crippen LogP contribution in [0.25, 0.3) is 0 Å². The van der Waals surface area contributed by atoms with Gasteiger partial charge in [-0.05, 0) is 46.5 Å². The van der Waals surface area contributed by atoms with Gasteiger partial charge in [-0.25, -0.2) is 0 Å². The lowest BCUT2D eigenvalue weighted by Gasteiger charge is -2.31. The molecule has 1 saturated carbocycles. The molecule has 0 saturated heterocycles. The van der Waals surface area contributed by atoms with Gasteiger partial charge < -0.3 is 4.74 Å². The van der Waals surface area contributed by atoms with E-state index in [0.717, 1.165) is 19.3 Å². The molecule has 0 spiro atoms. The second-order valence-electron chi connectivity index (χ2n) is 5.71. The first-order chi connectivity index (χ1) is 6.26. The van der Waals surface area contributed by atoms with Crippen LogP contribution in [0.3, 0.4) is 0 Å². The van der Waals surface area contributed by atoms with E-state index in [2.05, 4.69) is 6.92 Å². The molecule has 14 heavy (non-hydrogen) atoms. The molecule has 0 radical (unpaired) electrons. The van der Waals surface area contributed by atoms with Crippen molar-refractivity contribution in [3.05, 3.63) is 0 Å². The minimum Gasteiger partial charge on any atom is -0.460 e. The number of rotatable bonds is 1. The number of hydrogen-bond donors (Lipinski definition) is 0. The number of hydrogen-bond acceptors (Lipinski definition) is 2. The number of ether oxygens (including phenoxy) is 1. The third-order valence-corrected chi connectivity index (χ3v) is 3.29. The molecule has 1 aliphatic carbocycles. The minimum absolute atomic E-state index is 0.0185. The van der Waals surface area contributed by atoms with Gasteiger partial charge in [0.1, 0.15) is 5.60 Å². The molecule has 1 rings (SSSR count). The lowest BCUT2D eigenvalue weighted by Crippen LogP contribution is -2.37. The number of carbonyl (C=O) groups is 1. The monoisotopic (exact) mass is 198 g/mol. The zero-order valence-electron chi connectivity index (χ0n) is 10.0. The quantitative estimate of drug-likeness (QED) is 0.605. The summed E-state index contributed by atoms with van der Waals surface area (Å²) in [6, 6.07) is 0. The van der Waals surface area contributed by atoms with Crippen molar-refractivity contribution in [2.75, 3.05) is 0 Å². The summed E-state index contributed by atoms with van der Waals surface area (Å²) in [6.45, 7) is 9.96. The van der Waals surface area contributed by atoms with Gasteiger partial charge in [-0.3, -0.25) is 4.79 Å². The number of esters is 1. The summed E-state index contributed by atoms with van der Waals surface area (Å²) in [6.07, 6.45) is 3.27. The molecule has 2 heteroatoms. The average molecular weight is 198 g/mol. The Labute approximate surface area is 87.0 Å². The van der Waals surface area contributed by atoms with Crippen molar-refractivity contribution in [2.45, 2.75) is 59.5 Å². The zero-order valence-corrected chi connectivity index (χ0v) is 10.0. The minimum atomic E-state index is -0.359. The summed E-state index contributed by atoms with van der Waals surface area (Å²) in [5.41, 5.74) is -0.602. The molecule has 0 heterocycles. The van der Waals surface area contributed by atoms with E-state index < -0.39 is 0 Å². The molecule has 0 N–H and O–H groups in total. The van der Waals surface area contributed by atoms with E-state index in [1.165, 1.54) is 0 Å². The molecular formula is C12H22O2. The highest BCUT2D eigenvalue weighted by Gasteiger charge is 2.44. The fraction of sp³-hybridized carbons (Fsp3) is 0.917. The summed E-state index contributed by atoms with van der Waals surface area (Å²) in [4.78, 5) is 12.0. The topological polar surface area (TPSA) is 26.3 Å². The van der Waals surface area contributed by atoms with Gasteiger partial charge in [0.25, 0.3) is 0 Å². The molecule has 0 bridgehead atoms. The highest BCUT2D eigenvalue weighted by molar-refractivity contribution is 5.77. The van der Waals surface area contributed by atoms with Crippen LogP contribution >= 0.6 is 0 Å². The predicted molar refractivity (Wildman–Crippen MR) is 57.0 cm³/mol. The second-order valence-corrected chi connectivity index (χ2v) is 5.71. The lowest BCUT2D eigenvalue weighted by atomic mass is 9.81. The fourth-order valence-corrected chi connectivity index (χ4v) is 2.04. The molecule has 2 unspecified atom stereocenters. The maximum Gasteiger partial charge on any atom is 0.312 e. The van der Waals surface area contributed by atoms with Crippen molar-refractivity contribution in [2.24, 2.45) is 11.3 Å². The summed E-state index contributed by atoms with van der Waals surface area (Å²) in [5, 5.41) is 0. The summed E-state index contributed by atoms with van der Waals surface area (Å²) in [7, 11) is 0. The van der Waals surface area contributed by atoms with Crippen molar-refractivity contribution in [1.29, 1.82) is 0 Å². The van der Waals surface area contributed by atoms with E-state index >= 15 is 0 Å². The smallest absolute Gasteiger partial charge is 0.312 e. The summed E-state index contributed by atoms with van der Waals surface area (Å²) < 4.78 is 5.46. The molecule has 2 atom stereocenters. The van der Waals surface area contributed by atoms with Crippen LogP contribution in [-0.4, -0.2) is 11.6 Å². The lowest BCUT2D eigenvalue weighted by molar-refractivity contribution is -0.168.